The van der Waals surface area contributed by atoms with E-state index in [-0.39, 0.29) is 12.4 Å². The van der Waals surface area contributed by atoms with Crippen molar-refractivity contribution >= 4 is 35.5 Å². The molecule has 1 fully saturated rings. The lowest BCUT2D eigenvalue weighted by Crippen LogP contribution is -2.63. The van der Waals surface area contributed by atoms with E-state index < -0.39 is 54.6 Å². The van der Waals surface area contributed by atoms with Crippen molar-refractivity contribution in [2.24, 2.45) is 0 Å². The number of halogens is 1. The zero-order valence-electron chi connectivity index (χ0n) is 20.6. The van der Waals surface area contributed by atoms with Crippen LogP contribution < -0.4 is 4.74 Å². The first-order valence-corrected chi connectivity index (χ1v) is 11.6. The molecule has 11 heteroatoms. The monoisotopic (exact) mass is 514 g/mol. The van der Waals surface area contributed by atoms with Crippen molar-refractivity contribution < 1.29 is 47.6 Å². The van der Waals surface area contributed by atoms with E-state index in [0.29, 0.717) is 11.4 Å². The third kappa shape index (κ3) is 7.83. The van der Waals surface area contributed by atoms with Crippen LogP contribution in [-0.4, -0.2) is 61.2 Å². The highest BCUT2D eigenvalue weighted by Crippen LogP contribution is 2.36. The molecule has 0 radical (unpaired) electrons. The molecule has 1 heterocycles. The van der Waals surface area contributed by atoms with Crippen LogP contribution in [0.3, 0.4) is 0 Å². The van der Waals surface area contributed by atoms with Crippen molar-refractivity contribution in [2.75, 3.05) is 6.61 Å². The van der Waals surface area contributed by atoms with Gasteiger partial charge in [0.25, 0.3) is 0 Å². The Labute approximate surface area is 209 Å². The summed E-state index contributed by atoms with van der Waals surface area (Å²) in [5.41, 5.74) is 1.86. The van der Waals surface area contributed by atoms with Gasteiger partial charge in [-0.2, -0.15) is 0 Å². The SMILES string of the molecule is CCCc1c(C)ccc(OC2OC(COC(C)=O)C(OC(C)=O)C(OC(C)=O)C2OC(C)=O)c1Cl. The molecule has 194 valence electrons. The van der Waals surface area contributed by atoms with Gasteiger partial charge in [-0.25, -0.2) is 0 Å². The summed E-state index contributed by atoms with van der Waals surface area (Å²) in [5, 5.41) is 0.361. The van der Waals surface area contributed by atoms with Gasteiger partial charge in [-0.05, 0) is 30.5 Å². The molecule has 5 atom stereocenters. The van der Waals surface area contributed by atoms with Crippen LogP contribution in [0, 0.1) is 6.92 Å². The second-order valence-corrected chi connectivity index (χ2v) is 8.49. The van der Waals surface area contributed by atoms with Crippen LogP contribution in [0.4, 0.5) is 0 Å². The van der Waals surface area contributed by atoms with Gasteiger partial charge in [-0.3, -0.25) is 19.2 Å². The third-order valence-electron chi connectivity index (χ3n) is 5.13. The lowest BCUT2D eigenvalue weighted by molar-refractivity contribution is -0.288. The Balaban J connectivity index is 2.53. The summed E-state index contributed by atoms with van der Waals surface area (Å²) in [4.78, 5) is 47.1. The standard InChI is InChI=1S/C24H31ClO10/c1-7-8-17-12(2)9-10-18(20(17)25)34-24-23(33-16(6)29)22(32-15(5)28)21(31-14(4)27)19(35-24)11-30-13(3)26/h9-10,19,21-24H,7-8,11H2,1-6H3. The van der Waals surface area contributed by atoms with Gasteiger partial charge in [-0.15, -0.1) is 0 Å². The molecule has 0 spiro atoms. The summed E-state index contributed by atoms with van der Waals surface area (Å²) >= 11 is 6.61. The van der Waals surface area contributed by atoms with Crippen molar-refractivity contribution in [1.82, 2.24) is 0 Å². The molecule has 1 aromatic rings. The summed E-state index contributed by atoms with van der Waals surface area (Å²) < 4.78 is 33.2. The fourth-order valence-electron chi connectivity index (χ4n) is 3.75. The third-order valence-corrected chi connectivity index (χ3v) is 5.55. The van der Waals surface area contributed by atoms with Crippen LogP contribution in [0.5, 0.6) is 5.75 Å². The number of rotatable bonds is 9. The first-order valence-electron chi connectivity index (χ1n) is 11.2. The van der Waals surface area contributed by atoms with E-state index >= 15 is 0 Å². The van der Waals surface area contributed by atoms with Crippen molar-refractivity contribution in [1.29, 1.82) is 0 Å². The molecule has 10 nitrogen and oxygen atoms in total. The number of hydrogen-bond acceptors (Lipinski definition) is 10. The molecular formula is C24H31ClO10. The fourth-order valence-corrected chi connectivity index (χ4v) is 4.10. The van der Waals surface area contributed by atoms with Crippen LogP contribution in [0.25, 0.3) is 0 Å². The van der Waals surface area contributed by atoms with Crippen molar-refractivity contribution in [3.8, 4) is 5.75 Å². The van der Waals surface area contributed by atoms with E-state index in [1.807, 2.05) is 19.9 Å². The summed E-state index contributed by atoms with van der Waals surface area (Å²) in [7, 11) is 0. The highest BCUT2D eigenvalue weighted by Gasteiger charge is 2.53. The van der Waals surface area contributed by atoms with E-state index in [1.54, 1.807) is 6.07 Å². The summed E-state index contributed by atoms with van der Waals surface area (Å²) in [6.07, 6.45) is -4.80. The van der Waals surface area contributed by atoms with Crippen molar-refractivity contribution in [2.45, 2.75) is 85.1 Å². The van der Waals surface area contributed by atoms with Gasteiger partial charge in [0.15, 0.2) is 12.2 Å². The van der Waals surface area contributed by atoms with Crippen LogP contribution in [0.2, 0.25) is 5.02 Å². The quantitative estimate of drug-likeness (QED) is 0.358. The van der Waals surface area contributed by atoms with Gasteiger partial charge in [0, 0.05) is 27.7 Å². The molecule has 1 saturated heterocycles. The van der Waals surface area contributed by atoms with Crippen LogP contribution in [0.15, 0.2) is 12.1 Å². The fraction of sp³-hybridized carbons (Fsp3) is 0.583. The average molecular weight is 515 g/mol. The average Bonchev–Trinajstić information content (AvgIpc) is 2.74. The van der Waals surface area contributed by atoms with Gasteiger partial charge in [0.2, 0.25) is 12.4 Å². The van der Waals surface area contributed by atoms with E-state index in [4.69, 9.17) is 40.0 Å². The highest BCUT2D eigenvalue weighted by molar-refractivity contribution is 6.33. The molecule has 0 bridgehead atoms. The smallest absolute Gasteiger partial charge is 0.303 e. The second-order valence-electron chi connectivity index (χ2n) is 8.11. The molecule has 0 saturated carbocycles. The van der Waals surface area contributed by atoms with Crippen molar-refractivity contribution in [3.05, 3.63) is 28.3 Å². The molecule has 0 N–H and O–H groups in total. The maximum atomic E-state index is 11.9. The van der Waals surface area contributed by atoms with Crippen LogP contribution in [-0.2, 0) is 49.3 Å². The lowest BCUT2D eigenvalue weighted by Gasteiger charge is -2.44. The minimum Gasteiger partial charge on any atom is -0.463 e. The number of esters is 4. The molecule has 0 aromatic heterocycles. The molecule has 5 unspecified atom stereocenters. The Kier molecular flexibility index (Phi) is 10.3. The maximum Gasteiger partial charge on any atom is 0.303 e. The summed E-state index contributed by atoms with van der Waals surface area (Å²) in [6, 6.07) is 3.47. The van der Waals surface area contributed by atoms with Gasteiger partial charge in [0.05, 0.1) is 5.02 Å². The van der Waals surface area contributed by atoms with Crippen molar-refractivity contribution in [3.63, 3.8) is 0 Å². The molecule has 0 amide bonds. The predicted octanol–water partition coefficient (Wildman–Crippen LogP) is 3.06. The van der Waals surface area contributed by atoms with Crippen LogP contribution >= 0.6 is 11.6 Å². The molecule has 1 aromatic carbocycles. The Hall–Kier alpha value is -2.85. The number of benzene rings is 1. The second kappa shape index (κ2) is 12.7. The molecular weight excluding hydrogens is 484 g/mol. The van der Waals surface area contributed by atoms with Crippen LogP contribution in [0.1, 0.15) is 52.2 Å². The molecule has 1 aliphatic heterocycles. The Morgan fingerprint density at radius 3 is 2.00 bits per heavy atom. The Morgan fingerprint density at radius 2 is 1.46 bits per heavy atom. The summed E-state index contributed by atoms with van der Waals surface area (Å²) in [5.74, 6) is -2.51. The summed E-state index contributed by atoms with van der Waals surface area (Å²) in [6.45, 7) is 8.25. The number of aryl methyl sites for hydroxylation is 1. The van der Waals surface area contributed by atoms with Gasteiger partial charge in [0.1, 0.15) is 18.5 Å². The normalized spacial score (nSPS) is 23.7. The topological polar surface area (TPSA) is 124 Å². The number of carbonyl (C=O) groups is 4. The van der Waals surface area contributed by atoms with E-state index in [2.05, 4.69) is 0 Å². The molecule has 1 aliphatic rings. The number of carbonyl (C=O) groups excluding carboxylic acids is 4. The molecule has 35 heavy (non-hydrogen) atoms. The zero-order chi connectivity index (χ0) is 26.3. The van der Waals surface area contributed by atoms with Gasteiger partial charge >= 0.3 is 23.9 Å². The number of ether oxygens (including phenoxy) is 6. The lowest BCUT2D eigenvalue weighted by atomic mass is 9.98. The first-order chi connectivity index (χ1) is 16.4. The largest absolute Gasteiger partial charge is 0.463 e. The Morgan fingerprint density at radius 1 is 0.886 bits per heavy atom. The maximum absolute atomic E-state index is 11.9. The first kappa shape index (κ1) is 28.4. The zero-order valence-corrected chi connectivity index (χ0v) is 21.4. The predicted molar refractivity (Wildman–Crippen MR) is 123 cm³/mol. The number of hydrogen-bond donors (Lipinski definition) is 0. The van der Waals surface area contributed by atoms with E-state index in [0.717, 1.165) is 38.3 Å². The van der Waals surface area contributed by atoms with Gasteiger partial charge in [-0.1, -0.05) is 31.0 Å². The highest BCUT2D eigenvalue weighted by atomic mass is 35.5. The minimum atomic E-state index is -1.34. The van der Waals surface area contributed by atoms with E-state index in [1.165, 1.54) is 6.92 Å². The van der Waals surface area contributed by atoms with E-state index in [9.17, 15) is 19.2 Å². The minimum absolute atomic E-state index is 0.251. The molecule has 2 rings (SSSR count). The molecule has 0 aliphatic carbocycles. The Bertz CT molecular complexity index is 946. The van der Waals surface area contributed by atoms with Gasteiger partial charge < -0.3 is 28.4 Å².